The van der Waals surface area contributed by atoms with Gasteiger partial charge >= 0.3 is 12.1 Å². The van der Waals surface area contributed by atoms with Gasteiger partial charge in [0.1, 0.15) is 6.04 Å². The number of nitrogens with one attached hydrogen (secondary N) is 1. The quantitative estimate of drug-likeness (QED) is 0.849. The van der Waals surface area contributed by atoms with Crippen LogP contribution in [-0.4, -0.2) is 29.2 Å². The first-order chi connectivity index (χ1) is 9.74. The predicted molar refractivity (Wildman–Crippen MR) is 70.0 cm³/mol. The van der Waals surface area contributed by atoms with Gasteiger partial charge in [-0.3, -0.25) is 4.79 Å². The van der Waals surface area contributed by atoms with Gasteiger partial charge < -0.3 is 10.4 Å². The Labute approximate surface area is 120 Å². The van der Waals surface area contributed by atoms with Crippen molar-refractivity contribution >= 4 is 11.9 Å². The standard InChI is InChI=1S/C14H16F3NO3/c1-2-11(13(20)21)18-12(19)10-6-4-3-5-9(10)7-8-14(15,16)17/h3-6,11H,2,7-8H2,1H3,(H,18,19)(H,20,21). The van der Waals surface area contributed by atoms with Crippen molar-refractivity contribution in [3.05, 3.63) is 35.4 Å². The maximum Gasteiger partial charge on any atom is 0.389 e. The highest BCUT2D eigenvalue weighted by Crippen LogP contribution is 2.23. The summed E-state index contributed by atoms with van der Waals surface area (Å²) in [5, 5.41) is 11.2. The summed E-state index contributed by atoms with van der Waals surface area (Å²) in [4.78, 5) is 22.9. The third-order valence-corrected chi connectivity index (χ3v) is 2.95. The van der Waals surface area contributed by atoms with Gasteiger partial charge in [-0.15, -0.1) is 0 Å². The lowest BCUT2D eigenvalue weighted by Gasteiger charge is -2.15. The molecule has 0 saturated carbocycles. The average Bonchev–Trinajstić information content (AvgIpc) is 2.41. The Morgan fingerprint density at radius 2 is 1.90 bits per heavy atom. The molecule has 0 radical (unpaired) electrons. The molecule has 1 unspecified atom stereocenters. The Balaban J connectivity index is 2.87. The summed E-state index contributed by atoms with van der Waals surface area (Å²) in [6, 6.07) is 4.82. The number of carbonyl (C=O) groups is 2. The van der Waals surface area contributed by atoms with E-state index in [9.17, 15) is 22.8 Å². The van der Waals surface area contributed by atoms with Crippen LogP contribution in [0.1, 0.15) is 35.7 Å². The first-order valence-electron chi connectivity index (χ1n) is 6.43. The van der Waals surface area contributed by atoms with Crippen molar-refractivity contribution in [2.75, 3.05) is 0 Å². The lowest BCUT2D eigenvalue weighted by molar-refractivity contribution is -0.139. The molecule has 1 amide bonds. The van der Waals surface area contributed by atoms with Crippen LogP contribution in [0.5, 0.6) is 0 Å². The highest BCUT2D eigenvalue weighted by atomic mass is 19.4. The highest BCUT2D eigenvalue weighted by molar-refractivity contribution is 5.97. The van der Waals surface area contributed by atoms with Crippen molar-refractivity contribution in [2.24, 2.45) is 0 Å². The summed E-state index contributed by atoms with van der Waals surface area (Å²) in [6.45, 7) is 1.59. The number of halogens is 3. The zero-order valence-corrected chi connectivity index (χ0v) is 11.4. The molecule has 0 aliphatic heterocycles. The number of hydrogen-bond donors (Lipinski definition) is 2. The summed E-state index contributed by atoms with van der Waals surface area (Å²) >= 11 is 0. The Morgan fingerprint density at radius 1 is 1.29 bits per heavy atom. The number of hydrogen-bond acceptors (Lipinski definition) is 2. The van der Waals surface area contributed by atoms with Gasteiger partial charge in [0.25, 0.3) is 5.91 Å². The zero-order chi connectivity index (χ0) is 16.0. The van der Waals surface area contributed by atoms with Crippen molar-refractivity contribution in [2.45, 2.75) is 38.4 Å². The second-order valence-electron chi connectivity index (χ2n) is 4.54. The minimum absolute atomic E-state index is 0.0708. The van der Waals surface area contributed by atoms with E-state index in [1.807, 2.05) is 0 Å². The van der Waals surface area contributed by atoms with E-state index in [2.05, 4.69) is 5.32 Å². The number of amides is 1. The molecule has 21 heavy (non-hydrogen) atoms. The summed E-state index contributed by atoms with van der Waals surface area (Å²) in [5.74, 6) is -1.86. The second-order valence-corrected chi connectivity index (χ2v) is 4.54. The fourth-order valence-electron chi connectivity index (χ4n) is 1.81. The van der Waals surface area contributed by atoms with Gasteiger partial charge in [0, 0.05) is 12.0 Å². The molecule has 2 N–H and O–H groups in total. The molecule has 0 saturated heterocycles. The predicted octanol–water partition coefficient (Wildman–Crippen LogP) is 2.77. The Hall–Kier alpha value is -2.05. The minimum atomic E-state index is -4.31. The van der Waals surface area contributed by atoms with Crippen LogP contribution < -0.4 is 5.32 Å². The highest BCUT2D eigenvalue weighted by Gasteiger charge is 2.27. The summed E-state index contributed by atoms with van der Waals surface area (Å²) in [5.41, 5.74) is 0.314. The van der Waals surface area contributed by atoms with E-state index in [4.69, 9.17) is 5.11 Å². The molecule has 0 heterocycles. The molecule has 7 heteroatoms. The first-order valence-corrected chi connectivity index (χ1v) is 6.43. The van der Waals surface area contributed by atoms with Crippen molar-refractivity contribution in [1.29, 1.82) is 0 Å². The van der Waals surface area contributed by atoms with E-state index in [0.717, 1.165) is 0 Å². The van der Waals surface area contributed by atoms with E-state index >= 15 is 0 Å². The lowest BCUT2D eigenvalue weighted by atomic mass is 10.0. The van der Waals surface area contributed by atoms with Gasteiger partial charge in [0.2, 0.25) is 0 Å². The van der Waals surface area contributed by atoms with Gasteiger partial charge in [0.15, 0.2) is 0 Å². The van der Waals surface area contributed by atoms with Crippen LogP contribution in [0, 0.1) is 0 Å². The monoisotopic (exact) mass is 303 g/mol. The smallest absolute Gasteiger partial charge is 0.389 e. The maximum atomic E-state index is 12.3. The minimum Gasteiger partial charge on any atom is -0.480 e. The fraction of sp³-hybridized carbons (Fsp3) is 0.429. The molecule has 4 nitrogen and oxygen atoms in total. The third-order valence-electron chi connectivity index (χ3n) is 2.95. The van der Waals surface area contributed by atoms with Crippen molar-refractivity contribution in [3.63, 3.8) is 0 Å². The molecule has 0 bridgehead atoms. The second kappa shape index (κ2) is 7.10. The molecule has 116 valence electrons. The number of benzene rings is 1. The Bertz CT molecular complexity index is 514. The molecular weight excluding hydrogens is 287 g/mol. The van der Waals surface area contributed by atoms with Crippen LogP contribution in [-0.2, 0) is 11.2 Å². The maximum absolute atomic E-state index is 12.3. The topological polar surface area (TPSA) is 66.4 Å². The SMILES string of the molecule is CCC(NC(=O)c1ccccc1CCC(F)(F)F)C(=O)O. The molecule has 0 fully saturated rings. The number of aryl methyl sites for hydroxylation is 1. The van der Waals surface area contributed by atoms with Crippen LogP contribution in [0.4, 0.5) is 13.2 Å². The fourth-order valence-corrected chi connectivity index (χ4v) is 1.81. The van der Waals surface area contributed by atoms with Crippen molar-refractivity contribution in [3.8, 4) is 0 Å². The van der Waals surface area contributed by atoms with Gasteiger partial charge in [-0.05, 0) is 24.5 Å². The average molecular weight is 303 g/mol. The number of carboxylic acids is 1. The van der Waals surface area contributed by atoms with Crippen LogP contribution >= 0.6 is 0 Å². The molecule has 1 atom stereocenters. The van der Waals surface area contributed by atoms with Gasteiger partial charge in [0.05, 0.1) is 0 Å². The molecule has 0 aliphatic rings. The molecule has 1 aromatic rings. The number of carboxylic acid groups (broad SMARTS) is 1. The van der Waals surface area contributed by atoms with E-state index in [1.54, 1.807) is 6.92 Å². The zero-order valence-electron chi connectivity index (χ0n) is 11.4. The lowest BCUT2D eigenvalue weighted by Crippen LogP contribution is -2.40. The Kier molecular flexibility index (Phi) is 5.75. The molecule has 0 aromatic heterocycles. The number of rotatable bonds is 6. The van der Waals surface area contributed by atoms with Crippen LogP contribution in [0.2, 0.25) is 0 Å². The van der Waals surface area contributed by atoms with Crippen molar-refractivity contribution in [1.82, 2.24) is 5.32 Å². The van der Waals surface area contributed by atoms with E-state index in [0.29, 0.717) is 0 Å². The largest absolute Gasteiger partial charge is 0.480 e. The third kappa shape index (κ3) is 5.45. The normalized spacial score (nSPS) is 12.8. The number of alkyl halides is 3. The number of carbonyl (C=O) groups excluding carboxylic acids is 1. The van der Waals surface area contributed by atoms with E-state index < -0.39 is 30.5 Å². The molecule has 1 aromatic carbocycles. The molecule has 0 aliphatic carbocycles. The van der Waals surface area contributed by atoms with Crippen LogP contribution in [0.25, 0.3) is 0 Å². The van der Waals surface area contributed by atoms with Crippen LogP contribution in [0.15, 0.2) is 24.3 Å². The number of aliphatic carboxylic acids is 1. The van der Waals surface area contributed by atoms with Crippen LogP contribution in [0.3, 0.4) is 0 Å². The molecule has 0 spiro atoms. The van der Waals surface area contributed by atoms with Gasteiger partial charge in [-0.2, -0.15) is 13.2 Å². The first kappa shape index (κ1) is 17.0. The van der Waals surface area contributed by atoms with E-state index in [-0.39, 0.29) is 24.0 Å². The van der Waals surface area contributed by atoms with Gasteiger partial charge in [-0.1, -0.05) is 25.1 Å². The Morgan fingerprint density at radius 3 is 2.43 bits per heavy atom. The van der Waals surface area contributed by atoms with Crippen molar-refractivity contribution < 1.29 is 27.9 Å². The molecule has 1 rings (SSSR count). The van der Waals surface area contributed by atoms with Gasteiger partial charge in [-0.25, -0.2) is 4.79 Å². The summed E-state index contributed by atoms with van der Waals surface area (Å²) in [7, 11) is 0. The van der Waals surface area contributed by atoms with E-state index in [1.165, 1.54) is 24.3 Å². The summed E-state index contributed by atoms with van der Waals surface area (Å²) in [6.07, 6.45) is -5.48. The molecular formula is C14H16F3NO3. The summed E-state index contributed by atoms with van der Waals surface area (Å²) < 4.78 is 36.8.